The summed E-state index contributed by atoms with van der Waals surface area (Å²) in [6.07, 6.45) is 2.79. The first-order chi connectivity index (χ1) is 16.2. The molecular weight excluding hydrogens is 439 g/mol. The van der Waals surface area contributed by atoms with Gasteiger partial charge in [0.1, 0.15) is 17.1 Å². The van der Waals surface area contributed by atoms with Crippen LogP contribution in [-0.2, 0) is 11.2 Å². The molecule has 34 heavy (non-hydrogen) atoms. The molecule has 0 radical (unpaired) electrons. The van der Waals surface area contributed by atoms with E-state index in [1.165, 1.54) is 23.3 Å². The lowest BCUT2D eigenvalue weighted by atomic mass is 9.73. The summed E-state index contributed by atoms with van der Waals surface area (Å²) in [7, 11) is 3.76. The molecule has 0 spiro atoms. The number of halogens is 1. The molecule has 0 aliphatic carbocycles. The van der Waals surface area contributed by atoms with Gasteiger partial charge in [-0.2, -0.15) is 0 Å². The molecule has 1 N–H and O–H groups in total. The van der Waals surface area contributed by atoms with Crippen LogP contribution in [0.25, 0.3) is 0 Å². The normalized spacial score (nSPS) is 21.4. The maximum Gasteiger partial charge on any atom is 0.325 e. The molecule has 2 aliphatic rings. The molecule has 182 valence electrons. The van der Waals surface area contributed by atoms with Crippen LogP contribution in [0.5, 0.6) is 0 Å². The number of hydrogen-bond donors (Lipinski definition) is 1. The number of nitrogens with one attached hydrogen (secondary N) is 1. The first-order valence-corrected chi connectivity index (χ1v) is 11.6. The highest BCUT2D eigenvalue weighted by Gasteiger charge is 2.56. The Morgan fingerprint density at radius 2 is 1.97 bits per heavy atom. The fourth-order valence-electron chi connectivity index (χ4n) is 5.01. The van der Waals surface area contributed by atoms with E-state index in [9.17, 15) is 18.8 Å². The quantitative estimate of drug-likeness (QED) is 0.629. The third-order valence-corrected chi connectivity index (χ3v) is 6.91. The number of carbonyl (C=O) groups is 3. The predicted octanol–water partition coefficient (Wildman–Crippen LogP) is 2.67. The van der Waals surface area contributed by atoms with Gasteiger partial charge in [0.15, 0.2) is 0 Å². The summed E-state index contributed by atoms with van der Waals surface area (Å²) >= 11 is 0. The van der Waals surface area contributed by atoms with E-state index in [1.807, 2.05) is 19.0 Å². The molecule has 0 unspecified atom stereocenters. The third kappa shape index (κ3) is 4.57. The van der Waals surface area contributed by atoms with Crippen molar-refractivity contribution in [1.29, 1.82) is 0 Å². The number of piperidine rings is 1. The van der Waals surface area contributed by atoms with Gasteiger partial charge >= 0.3 is 6.03 Å². The van der Waals surface area contributed by atoms with E-state index in [0.29, 0.717) is 49.4 Å². The zero-order valence-electron chi connectivity index (χ0n) is 19.8. The highest BCUT2D eigenvalue weighted by atomic mass is 19.1. The van der Waals surface area contributed by atoms with Gasteiger partial charge in [-0.15, -0.1) is 0 Å². The smallest absolute Gasteiger partial charge is 0.325 e. The van der Waals surface area contributed by atoms with E-state index < -0.39 is 11.6 Å². The van der Waals surface area contributed by atoms with E-state index in [4.69, 9.17) is 4.42 Å². The summed E-state index contributed by atoms with van der Waals surface area (Å²) in [5, 5.41) is 2.99. The van der Waals surface area contributed by atoms with Crippen molar-refractivity contribution in [3.8, 4) is 0 Å². The van der Waals surface area contributed by atoms with E-state index >= 15 is 0 Å². The van der Waals surface area contributed by atoms with Gasteiger partial charge in [-0.1, -0.05) is 12.1 Å². The Bertz CT molecular complexity index is 1080. The summed E-state index contributed by atoms with van der Waals surface area (Å²) in [6.45, 7) is 3.49. The Balaban J connectivity index is 1.57. The number of urea groups is 1. The Hall–Kier alpha value is -3.20. The van der Waals surface area contributed by atoms with Gasteiger partial charge in [0, 0.05) is 32.6 Å². The van der Waals surface area contributed by atoms with E-state index in [1.54, 1.807) is 30.0 Å². The summed E-state index contributed by atoms with van der Waals surface area (Å²) < 4.78 is 19.2. The highest BCUT2D eigenvalue weighted by Crippen LogP contribution is 2.37. The van der Waals surface area contributed by atoms with Crippen LogP contribution in [0.3, 0.4) is 0 Å². The minimum absolute atomic E-state index is 0.0988. The maximum absolute atomic E-state index is 13.9. The Kier molecular flexibility index (Phi) is 6.74. The summed E-state index contributed by atoms with van der Waals surface area (Å²) in [6, 6.07) is 7.39. The molecule has 0 saturated carbocycles. The lowest BCUT2D eigenvalue weighted by Crippen LogP contribution is -2.58. The molecular formula is C25H31FN4O4. The Labute approximate surface area is 198 Å². The van der Waals surface area contributed by atoms with Crippen molar-refractivity contribution < 1.29 is 23.2 Å². The van der Waals surface area contributed by atoms with Crippen LogP contribution >= 0.6 is 0 Å². The summed E-state index contributed by atoms with van der Waals surface area (Å²) in [4.78, 5) is 44.5. The number of furan rings is 1. The number of hydrogen-bond acceptors (Lipinski definition) is 5. The van der Waals surface area contributed by atoms with Gasteiger partial charge in [0.2, 0.25) is 0 Å². The SMILES string of the molecule is Cc1occc1C(=O)N1CCC([C@]2(Cc3cccc(F)c3)NC(=O)N(CCN(C)C)C2=O)CC1. The lowest BCUT2D eigenvalue weighted by Gasteiger charge is -2.41. The number of amides is 4. The van der Waals surface area contributed by atoms with Crippen LogP contribution in [0.1, 0.15) is 34.5 Å². The monoisotopic (exact) mass is 470 g/mol. The number of carbonyl (C=O) groups excluding carboxylic acids is 3. The van der Waals surface area contributed by atoms with Gasteiger partial charge in [0.25, 0.3) is 11.8 Å². The van der Waals surface area contributed by atoms with Gasteiger partial charge in [-0.25, -0.2) is 9.18 Å². The van der Waals surface area contributed by atoms with Crippen LogP contribution < -0.4 is 5.32 Å². The topological polar surface area (TPSA) is 86.1 Å². The second-order valence-electron chi connectivity index (χ2n) is 9.43. The number of aryl methyl sites for hydroxylation is 1. The van der Waals surface area contributed by atoms with E-state index in [-0.39, 0.29) is 36.5 Å². The molecule has 2 fully saturated rings. The molecule has 3 heterocycles. The fraction of sp³-hybridized carbons (Fsp3) is 0.480. The summed E-state index contributed by atoms with van der Waals surface area (Å²) in [5.74, 6) is -0.377. The van der Waals surface area contributed by atoms with Gasteiger partial charge in [-0.3, -0.25) is 14.5 Å². The molecule has 8 nitrogen and oxygen atoms in total. The zero-order valence-corrected chi connectivity index (χ0v) is 19.8. The molecule has 2 aliphatic heterocycles. The van der Waals surface area contributed by atoms with Crippen molar-refractivity contribution in [3.05, 3.63) is 59.3 Å². The van der Waals surface area contributed by atoms with Crippen LogP contribution in [0, 0.1) is 18.7 Å². The predicted molar refractivity (Wildman–Crippen MR) is 124 cm³/mol. The van der Waals surface area contributed by atoms with Crippen molar-refractivity contribution in [2.75, 3.05) is 40.3 Å². The van der Waals surface area contributed by atoms with E-state index in [2.05, 4.69) is 5.32 Å². The van der Waals surface area contributed by atoms with Crippen molar-refractivity contribution in [3.63, 3.8) is 0 Å². The number of benzene rings is 1. The van der Waals surface area contributed by atoms with Crippen molar-refractivity contribution >= 4 is 17.8 Å². The van der Waals surface area contributed by atoms with Crippen LogP contribution in [0.4, 0.5) is 9.18 Å². The molecule has 1 atom stereocenters. The molecule has 2 saturated heterocycles. The first-order valence-electron chi connectivity index (χ1n) is 11.6. The molecule has 2 aromatic rings. The average Bonchev–Trinajstić information content (AvgIpc) is 3.33. The Morgan fingerprint density at radius 3 is 2.59 bits per heavy atom. The van der Waals surface area contributed by atoms with Gasteiger partial charge in [0.05, 0.1) is 11.8 Å². The minimum Gasteiger partial charge on any atom is -0.469 e. The maximum atomic E-state index is 13.9. The minimum atomic E-state index is -1.17. The van der Waals surface area contributed by atoms with Crippen LogP contribution in [0.2, 0.25) is 0 Å². The zero-order chi connectivity index (χ0) is 24.5. The molecule has 1 aromatic carbocycles. The molecule has 0 bridgehead atoms. The molecule has 4 rings (SSSR count). The van der Waals surface area contributed by atoms with Crippen LogP contribution in [-0.4, -0.2) is 78.4 Å². The standard InChI is InChI=1S/C25H31FN4O4/c1-17-21(9-14-34-17)22(31)29-10-7-19(8-11-29)25(16-18-5-4-6-20(26)15-18)23(32)30(24(33)27-25)13-12-28(2)3/h4-6,9,14-15,19H,7-8,10-13,16H2,1-3H3,(H,27,33)/t25-/m0/s1. The van der Waals surface area contributed by atoms with Crippen molar-refractivity contribution in [2.24, 2.45) is 5.92 Å². The molecule has 9 heteroatoms. The third-order valence-electron chi connectivity index (χ3n) is 6.91. The van der Waals surface area contributed by atoms with Gasteiger partial charge < -0.3 is 19.5 Å². The fourth-order valence-corrected chi connectivity index (χ4v) is 5.01. The number of imide groups is 1. The van der Waals surface area contributed by atoms with Crippen LogP contribution in [0.15, 0.2) is 41.0 Å². The number of likely N-dealkylation sites (tertiary alicyclic amines) is 1. The second kappa shape index (κ2) is 9.58. The van der Waals surface area contributed by atoms with Crippen molar-refractivity contribution in [2.45, 2.75) is 31.7 Å². The molecule has 1 aromatic heterocycles. The highest BCUT2D eigenvalue weighted by molar-refractivity contribution is 6.07. The number of nitrogens with zero attached hydrogens (tertiary/aromatic N) is 3. The second-order valence-corrected chi connectivity index (χ2v) is 9.43. The average molecular weight is 471 g/mol. The number of likely N-dealkylation sites (N-methyl/N-ethyl adjacent to an activating group) is 1. The first kappa shape index (κ1) is 23.9. The number of rotatable bonds is 7. The summed E-state index contributed by atoms with van der Waals surface area (Å²) in [5.41, 5.74) is 0.0152. The van der Waals surface area contributed by atoms with Crippen molar-refractivity contribution in [1.82, 2.24) is 20.0 Å². The van der Waals surface area contributed by atoms with E-state index in [0.717, 1.165) is 0 Å². The lowest BCUT2D eigenvalue weighted by molar-refractivity contribution is -0.134. The largest absolute Gasteiger partial charge is 0.469 e. The van der Waals surface area contributed by atoms with Gasteiger partial charge in [-0.05, 0) is 63.5 Å². The Morgan fingerprint density at radius 1 is 1.24 bits per heavy atom. The molecule has 4 amide bonds.